The Balaban J connectivity index is 2.36. The third-order valence-corrected chi connectivity index (χ3v) is 4.38. The Kier molecular flexibility index (Phi) is 8.18. The molecule has 104 valence electrons. The molecule has 1 rings (SSSR count). The van der Waals surface area contributed by atoms with Crippen molar-refractivity contribution in [2.24, 2.45) is 11.8 Å². The summed E-state index contributed by atoms with van der Waals surface area (Å²) in [4.78, 5) is 0. The Labute approximate surface area is 114 Å². The lowest BCUT2D eigenvalue weighted by Gasteiger charge is -2.34. The molecule has 1 unspecified atom stereocenters. The van der Waals surface area contributed by atoms with Crippen molar-refractivity contribution in [3.05, 3.63) is 0 Å². The molecule has 1 aliphatic rings. The average molecular weight is 249 g/mol. The smallest absolute Gasteiger partial charge is 0.0104 e. The first-order chi connectivity index (χ1) is 8.81. The summed E-state index contributed by atoms with van der Waals surface area (Å²) in [5, 5.41) is 3.69. The van der Waals surface area contributed by atoms with Crippen molar-refractivity contribution in [1.82, 2.24) is 5.32 Å². The molecule has 0 heterocycles. The van der Waals surface area contributed by atoms with E-state index in [1.807, 2.05) is 6.92 Å². The van der Waals surface area contributed by atoms with Crippen LogP contribution in [-0.2, 0) is 0 Å². The molecule has 18 heavy (non-hydrogen) atoms. The van der Waals surface area contributed by atoms with E-state index in [9.17, 15) is 0 Å². The summed E-state index contributed by atoms with van der Waals surface area (Å²) >= 11 is 0. The number of nitrogens with one attached hydrogen (secondary N) is 1. The third kappa shape index (κ3) is 5.44. The van der Waals surface area contributed by atoms with E-state index in [4.69, 9.17) is 0 Å². The predicted molar refractivity (Wildman–Crippen MR) is 80.5 cm³/mol. The normalized spacial score (nSPS) is 25.3. The fourth-order valence-electron chi connectivity index (χ4n) is 3.41. The van der Waals surface area contributed by atoms with Crippen LogP contribution < -0.4 is 5.32 Å². The minimum Gasteiger partial charge on any atom is -0.314 e. The molecule has 0 saturated heterocycles. The zero-order valence-corrected chi connectivity index (χ0v) is 12.6. The van der Waals surface area contributed by atoms with Gasteiger partial charge >= 0.3 is 0 Å². The monoisotopic (exact) mass is 249 g/mol. The van der Waals surface area contributed by atoms with Gasteiger partial charge in [0, 0.05) is 12.5 Å². The molecule has 0 aromatic heterocycles. The molecule has 0 aromatic carbocycles. The summed E-state index contributed by atoms with van der Waals surface area (Å²) in [6.45, 7) is 7.58. The van der Waals surface area contributed by atoms with E-state index >= 15 is 0 Å². The number of hydrogen-bond donors (Lipinski definition) is 1. The first-order valence-electron chi connectivity index (χ1n) is 7.94. The quantitative estimate of drug-likeness (QED) is 0.660. The summed E-state index contributed by atoms with van der Waals surface area (Å²) in [6, 6.07) is 0.707. The minimum absolute atomic E-state index is 0.707. The molecule has 1 fully saturated rings. The lowest BCUT2D eigenvalue weighted by Crippen LogP contribution is -2.38. The van der Waals surface area contributed by atoms with Gasteiger partial charge in [0.25, 0.3) is 0 Å². The standard InChI is InChI=1S/C17H31N/c1-4-7-8-10-17(18-6-3)16-13-11-15(9-5-2)12-14-16/h15-18H,5-6,8-14H2,1-3H3. The van der Waals surface area contributed by atoms with Crippen molar-refractivity contribution in [3.63, 3.8) is 0 Å². The molecular formula is C17H31N. The first-order valence-corrected chi connectivity index (χ1v) is 7.94. The second-order valence-corrected chi connectivity index (χ2v) is 5.70. The van der Waals surface area contributed by atoms with E-state index < -0.39 is 0 Å². The topological polar surface area (TPSA) is 12.0 Å². The second kappa shape index (κ2) is 9.45. The van der Waals surface area contributed by atoms with Crippen LogP contribution in [0.15, 0.2) is 0 Å². The summed E-state index contributed by atoms with van der Waals surface area (Å²) in [7, 11) is 0. The molecular weight excluding hydrogens is 218 g/mol. The molecule has 1 saturated carbocycles. The zero-order valence-electron chi connectivity index (χ0n) is 12.6. The van der Waals surface area contributed by atoms with E-state index in [0.717, 1.165) is 24.8 Å². The summed E-state index contributed by atoms with van der Waals surface area (Å²) < 4.78 is 0. The van der Waals surface area contributed by atoms with Gasteiger partial charge in [0.2, 0.25) is 0 Å². The molecule has 1 aliphatic carbocycles. The molecule has 0 bridgehead atoms. The van der Waals surface area contributed by atoms with Crippen LogP contribution in [0.25, 0.3) is 0 Å². The SMILES string of the molecule is CC#CCCC(NCC)C1CCC(CCC)CC1. The van der Waals surface area contributed by atoms with Gasteiger partial charge in [0.1, 0.15) is 0 Å². The third-order valence-electron chi connectivity index (χ3n) is 4.38. The molecule has 0 aromatic rings. The van der Waals surface area contributed by atoms with Gasteiger partial charge in [-0.25, -0.2) is 0 Å². The van der Waals surface area contributed by atoms with Gasteiger partial charge in [0.15, 0.2) is 0 Å². The van der Waals surface area contributed by atoms with Crippen LogP contribution in [0.5, 0.6) is 0 Å². The van der Waals surface area contributed by atoms with E-state index in [-0.39, 0.29) is 0 Å². The van der Waals surface area contributed by atoms with Gasteiger partial charge < -0.3 is 5.32 Å². The summed E-state index contributed by atoms with van der Waals surface area (Å²) in [5.41, 5.74) is 0. The maximum absolute atomic E-state index is 3.69. The lowest BCUT2D eigenvalue weighted by molar-refractivity contribution is 0.209. The molecule has 1 atom stereocenters. The van der Waals surface area contributed by atoms with Crippen LogP contribution in [-0.4, -0.2) is 12.6 Å². The molecule has 0 aliphatic heterocycles. The van der Waals surface area contributed by atoms with Crippen molar-refractivity contribution in [2.45, 2.75) is 78.2 Å². The largest absolute Gasteiger partial charge is 0.314 e. The maximum Gasteiger partial charge on any atom is 0.0104 e. The fraction of sp³-hybridized carbons (Fsp3) is 0.882. The van der Waals surface area contributed by atoms with E-state index in [0.29, 0.717) is 6.04 Å². The molecule has 1 N–H and O–H groups in total. The highest BCUT2D eigenvalue weighted by atomic mass is 14.9. The zero-order chi connectivity index (χ0) is 13.2. The maximum atomic E-state index is 3.69. The van der Waals surface area contributed by atoms with E-state index in [1.54, 1.807) is 0 Å². The Morgan fingerprint density at radius 2 is 1.89 bits per heavy atom. The summed E-state index contributed by atoms with van der Waals surface area (Å²) in [5.74, 6) is 8.15. The lowest BCUT2D eigenvalue weighted by atomic mass is 9.76. The highest BCUT2D eigenvalue weighted by molar-refractivity contribution is 4.96. The number of rotatable bonds is 7. The van der Waals surface area contributed by atoms with Crippen LogP contribution in [0.4, 0.5) is 0 Å². The predicted octanol–water partition coefficient (Wildman–Crippen LogP) is 4.37. The molecule has 0 spiro atoms. The van der Waals surface area contributed by atoms with Gasteiger partial charge in [0.05, 0.1) is 0 Å². The molecule has 0 amide bonds. The van der Waals surface area contributed by atoms with Crippen LogP contribution in [0.1, 0.15) is 72.1 Å². The van der Waals surface area contributed by atoms with Crippen molar-refractivity contribution in [1.29, 1.82) is 0 Å². The fourth-order valence-corrected chi connectivity index (χ4v) is 3.41. The average Bonchev–Trinajstić information content (AvgIpc) is 2.39. The Bertz CT molecular complexity index is 253. The Hall–Kier alpha value is -0.480. The van der Waals surface area contributed by atoms with Crippen LogP contribution in [0.2, 0.25) is 0 Å². The number of hydrogen-bond acceptors (Lipinski definition) is 1. The molecule has 0 radical (unpaired) electrons. The highest BCUT2D eigenvalue weighted by Gasteiger charge is 2.26. The van der Waals surface area contributed by atoms with Crippen LogP contribution in [0.3, 0.4) is 0 Å². The molecule has 1 heteroatoms. The van der Waals surface area contributed by atoms with Gasteiger partial charge in [-0.2, -0.15) is 0 Å². The van der Waals surface area contributed by atoms with E-state index in [2.05, 4.69) is 31.0 Å². The van der Waals surface area contributed by atoms with Crippen molar-refractivity contribution in [2.75, 3.05) is 6.54 Å². The minimum atomic E-state index is 0.707. The van der Waals surface area contributed by atoms with E-state index in [1.165, 1.54) is 44.9 Å². The Morgan fingerprint density at radius 3 is 2.44 bits per heavy atom. The van der Waals surface area contributed by atoms with Crippen molar-refractivity contribution >= 4 is 0 Å². The van der Waals surface area contributed by atoms with Crippen molar-refractivity contribution < 1.29 is 0 Å². The highest BCUT2D eigenvalue weighted by Crippen LogP contribution is 2.34. The first kappa shape index (κ1) is 15.6. The van der Waals surface area contributed by atoms with Gasteiger partial charge in [-0.05, 0) is 44.6 Å². The van der Waals surface area contributed by atoms with Crippen LogP contribution in [0, 0.1) is 23.7 Å². The molecule has 1 nitrogen and oxygen atoms in total. The van der Waals surface area contributed by atoms with Gasteiger partial charge in [-0.15, -0.1) is 11.8 Å². The summed E-state index contributed by atoms with van der Waals surface area (Å²) in [6.07, 6.45) is 10.9. The van der Waals surface area contributed by atoms with Gasteiger partial charge in [-0.3, -0.25) is 0 Å². The van der Waals surface area contributed by atoms with Gasteiger partial charge in [-0.1, -0.05) is 39.5 Å². The second-order valence-electron chi connectivity index (χ2n) is 5.70. The van der Waals surface area contributed by atoms with Crippen molar-refractivity contribution in [3.8, 4) is 11.8 Å². The van der Waals surface area contributed by atoms with Crippen LogP contribution >= 0.6 is 0 Å². The Morgan fingerprint density at radius 1 is 1.17 bits per heavy atom.